The van der Waals surface area contributed by atoms with Crippen molar-refractivity contribution in [3.05, 3.63) is 28.8 Å². The Labute approximate surface area is 149 Å². The van der Waals surface area contributed by atoms with Crippen molar-refractivity contribution in [1.29, 1.82) is 0 Å². The molecule has 6 nitrogen and oxygen atoms in total. The largest absolute Gasteiger partial charge is 0.352 e. The van der Waals surface area contributed by atoms with Crippen LogP contribution >= 0.6 is 23.4 Å². The SMILES string of the molecule is CSCC(=O)N[C@@H]1CCN2C(=O)c3ccc(Cl)cc3NC(=O)[C@@H]2C1. The molecule has 0 aromatic heterocycles. The standard InChI is InChI=1S/C16H18ClN3O3S/c1-24-8-14(21)18-10-4-5-20-13(7-10)15(22)19-12-6-9(17)2-3-11(12)16(20)23/h2-3,6,10,13H,4-5,7-8H2,1H3,(H,18,21)(H,19,22)/t10-,13+/m1/s1. The minimum Gasteiger partial charge on any atom is -0.352 e. The highest BCUT2D eigenvalue weighted by Crippen LogP contribution is 2.30. The zero-order chi connectivity index (χ0) is 17.3. The summed E-state index contributed by atoms with van der Waals surface area (Å²) in [6, 6.07) is 4.17. The first-order valence-electron chi connectivity index (χ1n) is 7.69. The lowest BCUT2D eigenvalue weighted by molar-refractivity contribution is -0.123. The van der Waals surface area contributed by atoms with E-state index >= 15 is 0 Å². The summed E-state index contributed by atoms with van der Waals surface area (Å²) < 4.78 is 0. The molecule has 2 aliphatic heterocycles. The molecule has 0 bridgehead atoms. The first-order valence-corrected chi connectivity index (χ1v) is 9.46. The summed E-state index contributed by atoms with van der Waals surface area (Å²) in [6.07, 6.45) is 2.92. The van der Waals surface area contributed by atoms with Gasteiger partial charge in [0.1, 0.15) is 6.04 Å². The first kappa shape index (κ1) is 17.1. The zero-order valence-corrected chi connectivity index (χ0v) is 14.7. The lowest BCUT2D eigenvalue weighted by atomic mass is 9.96. The molecule has 1 saturated heterocycles. The summed E-state index contributed by atoms with van der Waals surface area (Å²) in [5.41, 5.74) is 0.884. The molecule has 1 aromatic rings. The van der Waals surface area contributed by atoms with Gasteiger partial charge in [-0.25, -0.2) is 0 Å². The van der Waals surface area contributed by atoms with E-state index in [1.807, 2.05) is 6.26 Å². The maximum atomic E-state index is 12.8. The minimum absolute atomic E-state index is 0.0450. The number of nitrogens with zero attached hydrogens (tertiary/aromatic N) is 1. The molecule has 0 spiro atoms. The van der Waals surface area contributed by atoms with Gasteiger partial charge >= 0.3 is 0 Å². The molecule has 3 amide bonds. The van der Waals surface area contributed by atoms with Gasteiger partial charge in [0.05, 0.1) is 17.0 Å². The number of anilines is 1. The second kappa shape index (κ2) is 7.03. The molecule has 0 saturated carbocycles. The number of halogens is 1. The summed E-state index contributed by atoms with van der Waals surface area (Å²) in [5, 5.41) is 6.19. The molecule has 2 heterocycles. The Morgan fingerprint density at radius 2 is 2.25 bits per heavy atom. The van der Waals surface area contributed by atoms with Crippen molar-refractivity contribution in [2.24, 2.45) is 0 Å². The third-order valence-corrected chi connectivity index (χ3v) is 5.06. The van der Waals surface area contributed by atoms with E-state index in [1.54, 1.807) is 23.1 Å². The number of hydrogen-bond donors (Lipinski definition) is 2. The second-order valence-electron chi connectivity index (χ2n) is 5.92. The molecule has 1 fully saturated rings. The highest BCUT2D eigenvalue weighted by atomic mass is 35.5. The Balaban J connectivity index is 1.80. The van der Waals surface area contributed by atoms with Gasteiger partial charge in [0, 0.05) is 17.6 Å². The Morgan fingerprint density at radius 1 is 1.46 bits per heavy atom. The highest BCUT2D eigenvalue weighted by Gasteiger charge is 2.40. The topological polar surface area (TPSA) is 78.5 Å². The molecule has 0 unspecified atom stereocenters. The summed E-state index contributed by atoms with van der Waals surface area (Å²) in [6.45, 7) is 0.434. The van der Waals surface area contributed by atoms with E-state index in [0.717, 1.165) is 0 Å². The Bertz CT molecular complexity index is 697. The molecule has 8 heteroatoms. The normalized spacial score (nSPS) is 23.0. The molecule has 0 aliphatic carbocycles. The molecule has 1 aromatic carbocycles. The van der Waals surface area contributed by atoms with Gasteiger partial charge in [0.15, 0.2) is 0 Å². The number of amides is 3. The van der Waals surface area contributed by atoms with Crippen LogP contribution in [0, 0.1) is 0 Å². The number of hydrogen-bond acceptors (Lipinski definition) is 4. The average molecular weight is 368 g/mol. The number of piperidine rings is 1. The van der Waals surface area contributed by atoms with Crippen LogP contribution in [0.25, 0.3) is 0 Å². The average Bonchev–Trinajstić information content (AvgIpc) is 2.63. The lowest BCUT2D eigenvalue weighted by Crippen LogP contribution is -2.55. The van der Waals surface area contributed by atoms with Crippen molar-refractivity contribution < 1.29 is 14.4 Å². The van der Waals surface area contributed by atoms with Crippen LogP contribution in [0.1, 0.15) is 23.2 Å². The highest BCUT2D eigenvalue weighted by molar-refractivity contribution is 7.99. The van der Waals surface area contributed by atoms with E-state index in [9.17, 15) is 14.4 Å². The van der Waals surface area contributed by atoms with Crippen LogP contribution in [0.2, 0.25) is 5.02 Å². The van der Waals surface area contributed by atoms with E-state index in [1.165, 1.54) is 11.8 Å². The molecule has 24 heavy (non-hydrogen) atoms. The van der Waals surface area contributed by atoms with Gasteiger partial charge in [0.2, 0.25) is 11.8 Å². The van der Waals surface area contributed by atoms with E-state index in [4.69, 9.17) is 11.6 Å². The van der Waals surface area contributed by atoms with Crippen LogP contribution in [0.5, 0.6) is 0 Å². The number of nitrogens with one attached hydrogen (secondary N) is 2. The van der Waals surface area contributed by atoms with Crippen molar-refractivity contribution in [2.75, 3.05) is 23.9 Å². The molecular weight excluding hydrogens is 350 g/mol. The quantitative estimate of drug-likeness (QED) is 0.853. The van der Waals surface area contributed by atoms with E-state index < -0.39 is 6.04 Å². The fraction of sp³-hybridized carbons (Fsp3) is 0.438. The summed E-state index contributed by atoms with van der Waals surface area (Å²) in [4.78, 5) is 38.7. The number of benzene rings is 1. The Hall–Kier alpha value is -1.73. The summed E-state index contributed by atoms with van der Waals surface area (Å²) >= 11 is 7.41. The zero-order valence-electron chi connectivity index (χ0n) is 13.2. The van der Waals surface area contributed by atoms with Gasteiger partial charge in [-0.2, -0.15) is 11.8 Å². The third-order valence-electron chi connectivity index (χ3n) is 4.28. The van der Waals surface area contributed by atoms with Crippen LogP contribution in [-0.4, -0.2) is 53.3 Å². The monoisotopic (exact) mass is 367 g/mol. The van der Waals surface area contributed by atoms with Crippen molar-refractivity contribution in [3.63, 3.8) is 0 Å². The summed E-state index contributed by atoms with van der Waals surface area (Å²) in [7, 11) is 0. The van der Waals surface area contributed by atoms with Crippen molar-refractivity contribution >= 4 is 46.8 Å². The number of thioether (sulfide) groups is 1. The molecule has 128 valence electrons. The maximum Gasteiger partial charge on any atom is 0.256 e. The predicted octanol–water partition coefficient (Wildman–Crippen LogP) is 1.74. The third kappa shape index (κ3) is 3.37. The number of carbonyl (C=O) groups is 3. The van der Waals surface area contributed by atoms with Crippen LogP contribution in [0.3, 0.4) is 0 Å². The van der Waals surface area contributed by atoms with Crippen LogP contribution in [-0.2, 0) is 9.59 Å². The maximum absolute atomic E-state index is 12.8. The molecule has 3 rings (SSSR count). The Morgan fingerprint density at radius 3 is 3.00 bits per heavy atom. The van der Waals surface area contributed by atoms with Gasteiger partial charge in [-0.1, -0.05) is 11.6 Å². The molecule has 0 radical (unpaired) electrons. The minimum atomic E-state index is -0.586. The fourth-order valence-corrected chi connectivity index (χ4v) is 3.68. The Kier molecular flexibility index (Phi) is 5.01. The number of rotatable bonds is 3. The molecule has 2 aliphatic rings. The number of carbonyl (C=O) groups excluding carboxylic acids is 3. The summed E-state index contributed by atoms with van der Waals surface area (Å²) in [5.74, 6) is -0.0802. The lowest BCUT2D eigenvalue weighted by Gasteiger charge is -2.37. The van der Waals surface area contributed by atoms with Crippen molar-refractivity contribution in [1.82, 2.24) is 10.2 Å². The van der Waals surface area contributed by atoms with E-state index in [0.29, 0.717) is 41.4 Å². The van der Waals surface area contributed by atoms with E-state index in [-0.39, 0.29) is 23.8 Å². The number of fused-ring (bicyclic) bond motifs is 2. The smallest absolute Gasteiger partial charge is 0.256 e. The van der Waals surface area contributed by atoms with Crippen LogP contribution in [0.4, 0.5) is 5.69 Å². The van der Waals surface area contributed by atoms with Gasteiger partial charge in [0.25, 0.3) is 5.91 Å². The van der Waals surface area contributed by atoms with Gasteiger partial charge in [-0.3, -0.25) is 14.4 Å². The van der Waals surface area contributed by atoms with Crippen molar-refractivity contribution in [3.8, 4) is 0 Å². The van der Waals surface area contributed by atoms with Crippen molar-refractivity contribution in [2.45, 2.75) is 24.9 Å². The molecule has 2 N–H and O–H groups in total. The van der Waals surface area contributed by atoms with Gasteiger partial charge < -0.3 is 15.5 Å². The van der Waals surface area contributed by atoms with Crippen LogP contribution in [0.15, 0.2) is 18.2 Å². The second-order valence-corrected chi connectivity index (χ2v) is 7.22. The fourth-order valence-electron chi connectivity index (χ4n) is 3.17. The van der Waals surface area contributed by atoms with E-state index in [2.05, 4.69) is 10.6 Å². The molecular formula is C16H18ClN3O3S. The van der Waals surface area contributed by atoms with Crippen LogP contribution < -0.4 is 10.6 Å². The van der Waals surface area contributed by atoms with Gasteiger partial charge in [-0.15, -0.1) is 0 Å². The first-order chi connectivity index (χ1) is 11.5. The predicted molar refractivity (Wildman–Crippen MR) is 94.5 cm³/mol. The van der Waals surface area contributed by atoms with Gasteiger partial charge in [-0.05, 0) is 37.3 Å². The molecule has 2 atom stereocenters.